The van der Waals surface area contributed by atoms with Crippen LogP contribution >= 0.6 is 0 Å². The number of carbonyl (C=O) groups excluding carboxylic acids is 4. The fraction of sp³-hybridized carbons (Fsp3) is 0.763. The zero-order valence-electron chi connectivity index (χ0n) is 45.6. The molecule has 12 nitrogen and oxygen atoms in total. The lowest BCUT2D eigenvalue weighted by molar-refractivity contribution is -0.161. The van der Waals surface area contributed by atoms with Crippen molar-refractivity contribution in [2.75, 3.05) is 59.3 Å². The van der Waals surface area contributed by atoms with Crippen LogP contribution in [0.3, 0.4) is 0 Å². The Morgan fingerprint density at radius 2 is 0.986 bits per heavy atom. The van der Waals surface area contributed by atoms with Crippen molar-refractivity contribution in [1.29, 1.82) is 0 Å². The van der Waals surface area contributed by atoms with Gasteiger partial charge in [0.05, 0.1) is 24.5 Å². The molecule has 0 saturated heterocycles. The molecular formula is C59H101NO11. The number of hydrogen-bond donors (Lipinski definition) is 0. The highest BCUT2D eigenvalue weighted by Gasteiger charge is 2.20. The van der Waals surface area contributed by atoms with Gasteiger partial charge >= 0.3 is 24.1 Å². The molecule has 0 N–H and O–H groups in total. The second-order valence-corrected chi connectivity index (χ2v) is 18.9. The summed E-state index contributed by atoms with van der Waals surface area (Å²) in [5.74, 6) is -1.78. The van der Waals surface area contributed by atoms with Crippen LogP contribution in [0.2, 0.25) is 0 Å². The van der Waals surface area contributed by atoms with E-state index in [1.807, 2.05) is 0 Å². The van der Waals surface area contributed by atoms with Gasteiger partial charge in [-0.05, 0) is 102 Å². The normalized spacial score (nSPS) is 12.0. The minimum absolute atomic E-state index is 0.0786. The van der Waals surface area contributed by atoms with Gasteiger partial charge in [-0.3, -0.25) is 9.59 Å². The van der Waals surface area contributed by atoms with Crippen LogP contribution < -0.4 is 0 Å². The molecule has 0 saturated carbocycles. The smallest absolute Gasteiger partial charge is 0.465 e. The van der Waals surface area contributed by atoms with Gasteiger partial charge in [0.15, 0.2) is 6.29 Å². The lowest BCUT2D eigenvalue weighted by atomic mass is 10.1. The first-order valence-corrected chi connectivity index (χ1v) is 28.4. The Kier molecular flexibility index (Phi) is 44.6. The largest absolute Gasteiger partial charge is 0.508 e. The highest BCUT2D eigenvalue weighted by molar-refractivity contribution is 5.89. The van der Waals surface area contributed by atoms with Crippen molar-refractivity contribution in [2.45, 2.75) is 227 Å². The standard InChI is InChI=1S/C59H101NO11/c1-6-11-14-17-20-21-22-23-24-25-26-27-28-29-32-37-55(61)68-49-53(50-69-56(62)42-43-57(65-45-34-30-18-15-12-7-2)66-46-35-31-19-16-13-8-3)51-71-59(64)70-48-52-38-40-54(41-39-52)58(63)67-47-36-33-44-60(9-4)10-5/h20-21,23-24,38-41,53,57H,6-19,22,25-37,42-51H2,1-5H3/b21-20-,24-23-. The van der Waals surface area contributed by atoms with E-state index in [1.165, 1.54) is 77.0 Å². The number of esters is 3. The van der Waals surface area contributed by atoms with Crippen molar-refractivity contribution in [3.05, 3.63) is 59.7 Å². The summed E-state index contributed by atoms with van der Waals surface area (Å²) in [5.41, 5.74) is 1.08. The summed E-state index contributed by atoms with van der Waals surface area (Å²) in [6.07, 6.45) is 36.0. The second kappa shape index (κ2) is 48.5. The molecule has 12 heteroatoms. The minimum Gasteiger partial charge on any atom is -0.465 e. The van der Waals surface area contributed by atoms with Crippen LogP contribution in [0.15, 0.2) is 48.6 Å². The van der Waals surface area contributed by atoms with E-state index < -0.39 is 30.3 Å². The van der Waals surface area contributed by atoms with Gasteiger partial charge in [-0.1, -0.05) is 167 Å². The summed E-state index contributed by atoms with van der Waals surface area (Å²) in [6.45, 7) is 15.0. The minimum atomic E-state index is -0.918. The summed E-state index contributed by atoms with van der Waals surface area (Å²) in [7, 11) is 0. The maximum absolute atomic E-state index is 13.1. The zero-order valence-corrected chi connectivity index (χ0v) is 45.6. The van der Waals surface area contributed by atoms with Gasteiger partial charge in [-0.2, -0.15) is 0 Å². The first-order valence-electron chi connectivity index (χ1n) is 28.4. The van der Waals surface area contributed by atoms with Gasteiger partial charge in [-0.15, -0.1) is 0 Å². The molecular weight excluding hydrogens is 899 g/mol. The van der Waals surface area contributed by atoms with Crippen molar-refractivity contribution in [2.24, 2.45) is 5.92 Å². The number of benzene rings is 1. The van der Waals surface area contributed by atoms with Crippen LogP contribution in [0, 0.1) is 5.92 Å². The molecule has 0 aliphatic carbocycles. The Balaban J connectivity index is 2.68. The highest BCUT2D eigenvalue weighted by atomic mass is 16.7. The Labute approximate surface area is 432 Å². The van der Waals surface area contributed by atoms with Crippen LogP contribution in [0.4, 0.5) is 4.79 Å². The van der Waals surface area contributed by atoms with Crippen molar-refractivity contribution >= 4 is 24.1 Å². The lowest BCUT2D eigenvalue weighted by Crippen LogP contribution is -2.27. The summed E-state index contributed by atoms with van der Waals surface area (Å²) < 4.78 is 39.7. The SMILES string of the molecule is CCCCC/C=C\C/C=C\CCCCCCCC(=O)OCC(COC(=O)CCC(OCCCCCCCC)OCCCCCCCC)COC(=O)OCc1ccc(C(=O)OCCCCN(CC)CC)cc1. The summed E-state index contributed by atoms with van der Waals surface area (Å²) in [6, 6.07) is 6.68. The molecule has 1 aromatic rings. The third-order valence-corrected chi connectivity index (χ3v) is 12.5. The van der Waals surface area contributed by atoms with Gasteiger partial charge in [0.2, 0.25) is 0 Å². The molecule has 1 unspecified atom stereocenters. The Morgan fingerprint density at radius 3 is 1.58 bits per heavy atom. The molecule has 71 heavy (non-hydrogen) atoms. The van der Waals surface area contributed by atoms with Crippen LogP contribution in [0.25, 0.3) is 0 Å². The second-order valence-electron chi connectivity index (χ2n) is 18.9. The molecule has 408 valence electrons. The fourth-order valence-corrected chi connectivity index (χ4v) is 7.77. The van der Waals surface area contributed by atoms with Crippen LogP contribution in [-0.2, 0) is 49.4 Å². The molecule has 0 aliphatic heterocycles. The van der Waals surface area contributed by atoms with E-state index in [0.717, 1.165) is 103 Å². The third-order valence-electron chi connectivity index (χ3n) is 12.5. The van der Waals surface area contributed by atoms with E-state index in [4.69, 9.17) is 33.2 Å². The topological polar surface area (TPSA) is 136 Å². The van der Waals surface area contributed by atoms with Gasteiger partial charge < -0.3 is 38.1 Å². The van der Waals surface area contributed by atoms with E-state index in [1.54, 1.807) is 24.3 Å². The maximum Gasteiger partial charge on any atom is 0.508 e. The predicted octanol–water partition coefficient (Wildman–Crippen LogP) is 15.0. The molecule has 0 heterocycles. The molecule has 1 atom stereocenters. The number of unbranched alkanes of at least 4 members (excludes halogenated alkanes) is 19. The molecule has 0 aliphatic rings. The van der Waals surface area contributed by atoms with E-state index >= 15 is 0 Å². The average Bonchev–Trinajstić information content (AvgIpc) is 3.38. The van der Waals surface area contributed by atoms with Gasteiger partial charge in [0, 0.05) is 26.1 Å². The lowest BCUT2D eigenvalue weighted by Gasteiger charge is -2.20. The number of carbonyl (C=O) groups is 4. The highest BCUT2D eigenvalue weighted by Crippen LogP contribution is 2.15. The maximum atomic E-state index is 13.1. The number of rotatable bonds is 49. The molecule has 1 rings (SSSR count). The van der Waals surface area contributed by atoms with Gasteiger partial charge in [-0.25, -0.2) is 9.59 Å². The van der Waals surface area contributed by atoms with Gasteiger partial charge in [0.1, 0.15) is 26.4 Å². The van der Waals surface area contributed by atoms with Crippen molar-refractivity contribution in [3.8, 4) is 0 Å². The van der Waals surface area contributed by atoms with Crippen LogP contribution in [-0.4, -0.2) is 94.5 Å². The Morgan fingerprint density at radius 1 is 0.493 bits per heavy atom. The van der Waals surface area contributed by atoms with E-state index in [-0.39, 0.29) is 45.2 Å². The zero-order chi connectivity index (χ0) is 51.7. The average molecular weight is 1000 g/mol. The predicted molar refractivity (Wildman–Crippen MR) is 286 cm³/mol. The van der Waals surface area contributed by atoms with E-state index in [2.05, 4.69) is 63.8 Å². The molecule has 0 aromatic heterocycles. The molecule has 0 amide bonds. The van der Waals surface area contributed by atoms with E-state index in [0.29, 0.717) is 37.4 Å². The quantitative estimate of drug-likeness (QED) is 0.0202. The summed E-state index contributed by atoms with van der Waals surface area (Å²) in [4.78, 5) is 53.5. The summed E-state index contributed by atoms with van der Waals surface area (Å²) in [5, 5.41) is 0. The van der Waals surface area contributed by atoms with Crippen LogP contribution in [0.5, 0.6) is 0 Å². The van der Waals surface area contributed by atoms with Gasteiger partial charge in [0.25, 0.3) is 0 Å². The molecule has 1 aromatic carbocycles. The molecule has 0 bridgehead atoms. The number of nitrogens with zero attached hydrogens (tertiary/aromatic N) is 1. The first kappa shape index (κ1) is 65.3. The number of hydrogen-bond acceptors (Lipinski definition) is 12. The molecule has 0 fully saturated rings. The molecule has 0 radical (unpaired) electrons. The fourth-order valence-electron chi connectivity index (χ4n) is 7.77. The molecule has 0 spiro atoms. The Hall–Kier alpha value is -3.74. The van der Waals surface area contributed by atoms with Crippen molar-refractivity contribution < 1.29 is 52.3 Å². The first-order chi connectivity index (χ1) is 34.8. The van der Waals surface area contributed by atoms with Crippen molar-refractivity contribution in [3.63, 3.8) is 0 Å². The number of allylic oxidation sites excluding steroid dienone is 4. The van der Waals surface area contributed by atoms with Crippen molar-refractivity contribution in [1.82, 2.24) is 4.90 Å². The number of ether oxygens (including phenoxy) is 7. The third kappa shape index (κ3) is 40.4. The monoisotopic (exact) mass is 1000 g/mol. The summed E-state index contributed by atoms with van der Waals surface area (Å²) >= 11 is 0. The van der Waals surface area contributed by atoms with Crippen LogP contribution in [0.1, 0.15) is 230 Å². The van der Waals surface area contributed by atoms with E-state index in [9.17, 15) is 19.2 Å². The Bertz CT molecular complexity index is 1460.